The van der Waals surface area contributed by atoms with E-state index in [0.29, 0.717) is 6.04 Å². The number of thiocarbonyl (C=S) groups is 1. The van der Waals surface area contributed by atoms with Gasteiger partial charge in [0.05, 0.1) is 5.49 Å². The monoisotopic (exact) mass is 158 g/mol. The Labute approximate surface area is 67.4 Å². The molecule has 10 heavy (non-hydrogen) atoms. The van der Waals surface area contributed by atoms with Crippen molar-refractivity contribution in [1.29, 1.82) is 0 Å². The van der Waals surface area contributed by atoms with E-state index in [-0.39, 0.29) is 0 Å². The van der Waals surface area contributed by atoms with E-state index in [1.807, 2.05) is 7.05 Å². The summed E-state index contributed by atoms with van der Waals surface area (Å²) in [5, 5.41) is 6.32. The molecule has 1 unspecified atom stereocenters. The molecule has 1 fully saturated rings. The standard InChI is InChI=1S/C7H14N2S/c1-8-7(4-9-5-10)6-2-3-6/h5-8H,2-4H2,1H3,(H,9,10). The molecule has 0 spiro atoms. The van der Waals surface area contributed by atoms with Gasteiger partial charge in [-0.25, -0.2) is 0 Å². The van der Waals surface area contributed by atoms with Gasteiger partial charge in [0, 0.05) is 12.6 Å². The van der Waals surface area contributed by atoms with Gasteiger partial charge in [-0.3, -0.25) is 0 Å². The summed E-state index contributed by atoms with van der Waals surface area (Å²) in [5.41, 5.74) is 1.59. The largest absolute Gasteiger partial charge is 0.381 e. The number of rotatable bonds is 5. The van der Waals surface area contributed by atoms with Gasteiger partial charge < -0.3 is 10.6 Å². The summed E-state index contributed by atoms with van der Waals surface area (Å²) in [6, 6.07) is 0.624. The lowest BCUT2D eigenvalue weighted by atomic mass is 10.2. The van der Waals surface area contributed by atoms with Crippen LogP contribution in [0.3, 0.4) is 0 Å². The van der Waals surface area contributed by atoms with Crippen molar-refractivity contribution in [3.05, 3.63) is 0 Å². The van der Waals surface area contributed by atoms with Crippen LogP contribution in [0.4, 0.5) is 0 Å². The Kier molecular flexibility index (Phi) is 3.09. The first-order valence-corrected chi connectivity index (χ1v) is 4.20. The summed E-state index contributed by atoms with van der Waals surface area (Å²) < 4.78 is 0. The maximum absolute atomic E-state index is 4.66. The molecule has 3 heteroatoms. The summed E-state index contributed by atoms with van der Waals surface area (Å²) in [6.45, 7) is 0.977. The van der Waals surface area contributed by atoms with E-state index in [1.165, 1.54) is 12.8 Å². The molecule has 0 heterocycles. The molecule has 0 radical (unpaired) electrons. The summed E-state index contributed by atoms with van der Waals surface area (Å²) >= 11 is 4.66. The number of nitrogens with one attached hydrogen (secondary N) is 2. The van der Waals surface area contributed by atoms with Crippen molar-refractivity contribution >= 4 is 17.7 Å². The Hall–Kier alpha value is -0.150. The van der Waals surface area contributed by atoms with Crippen LogP contribution in [0.2, 0.25) is 0 Å². The van der Waals surface area contributed by atoms with Crippen LogP contribution in [0.15, 0.2) is 0 Å². The van der Waals surface area contributed by atoms with Crippen LogP contribution in [0.25, 0.3) is 0 Å². The first kappa shape index (κ1) is 7.95. The molecule has 0 saturated heterocycles. The molecule has 1 saturated carbocycles. The van der Waals surface area contributed by atoms with Crippen LogP contribution < -0.4 is 10.6 Å². The molecule has 2 nitrogen and oxygen atoms in total. The maximum atomic E-state index is 4.66. The third-order valence-corrected chi connectivity index (χ3v) is 2.15. The molecule has 58 valence electrons. The molecular weight excluding hydrogens is 144 g/mol. The number of hydrogen-bond donors (Lipinski definition) is 2. The molecular formula is C7H14N2S. The minimum Gasteiger partial charge on any atom is -0.381 e. The normalized spacial score (nSPS) is 20.1. The van der Waals surface area contributed by atoms with Gasteiger partial charge >= 0.3 is 0 Å². The van der Waals surface area contributed by atoms with Crippen LogP contribution in [0.5, 0.6) is 0 Å². The highest BCUT2D eigenvalue weighted by Gasteiger charge is 2.29. The van der Waals surface area contributed by atoms with Crippen LogP contribution >= 0.6 is 12.2 Å². The Morgan fingerprint density at radius 1 is 1.70 bits per heavy atom. The molecule has 0 aliphatic heterocycles. The number of likely N-dealkylation sites (N-methyl/N-ethyl adjacent to an activating group) is 1. The molecule has 0 aromatic heterocycles. The molecule has 0 aromatic rings. The van der Waals surface area contributed by atoms with Crippen LogP contribution in [0, 0.1) is 5.92 Å². The second-order valence-electron chi connectivity index (χ2n) is 2.76. The third-order valence-electron chi connectivity index (χ3n) is 1.98. The average molecular weight is 158 g/mol. The topological polar surface area (TPSA) is 24.1 Å². The molecule has 1 atom stereocenters. The third kappa shape index (κ3) is 2.23. The van der Waals surface area contributed by atoms with Crippen LogP contribution in [-0.4, -0.2) is 25.1 Å². The summed E-state index contributed by atoms with van der Waals surface area (Å²) in [5.74, 6) is 0.896. The fourth-order valence-corrected chi connectivity index (χ4v) is 1.27. The predicted octanol–water partition coefficient (Wildman–Crippen LogP) is 0.531. The zero-order valence-electron chi connectivity index (χ0n) is 6.26. The molecule has 1 aliphatic carbocycles. The molecule has 0 aromatic carbocycles. The highest BCUT2D eigenvalue weighted by atomic mass is 32.1. The van der Waals surface area contributed by atoms with Gasteiger partial charge in [0.1, 0.15) is 0 Å². The highest BCUT2D eigenvalue weighted by Crippen LogP contribution is 2.31. The summed E-state index contributed by atoms with van der Waals surface area (Å²) in [6.07, 6.45) is 2.76. The van der Waals surface area contributed by atoms with Crippen molar-refractivity contribution in [1.82, 2.24) is 10.6 Å². The summed E-state index contributed by atoms with van der Waals surface area (Å²) in [4.78, 5) is 0. The SMILES string of the molecule is CNC(CNC=S)C1CC1. The smallest absolute Gasteiger partial charge is 0.0615 e. The Bertz CT molecular complexity index is 112. The van der Waals surface area contributed by atoms with Gasteiger partial charge in [-0.15, -0.1) is 0 Å². The lowest BCUT2D eigenvalue weighted by molar-refractivity contribution is 0.497. The van der Waals surface area contributed by atoms with Crippen molar-refractivity contribution in [2.24, 2.45) is 5.92 Å². The maximum Gasteiger partial charge on any atom is 0.0615 e. The molecule has 1 aliphatic rings. The van der Waals surface area contributed by atoms with E-state index in [2.05, 4.69) is 22.9 Å². The zero-order chi connectivity index (χ0) is 7.40. The lowest BCUT2D eigenvalue weighted by Crippen LogP contribution is -2.37. The van der Waals surface area contributed by atoms with Gasteiger partial charge in [0.25, 0.3) is 0 Å². The first-order chi connectivity index (χ1) is 4.88. The molecule has 1 rings (SSSR count). The predicted molar refractivity (Wildman–Crippen MR) is 47.2 cm³/mol. The number of hydrogen-bond acceptors (Lipinski definition) is 2. The van der Waals surface area contributed by atoms with E-state index in [0.717, 1.165) is 12.5 Å². The van der Waals surface area contributed by atoms with Crippen molar-refractivity contribution in [3.63, 3.8) is 0 Å². The lowest BCUT2D eigenvalue weighted by Gasteiger charge is -2.13. The van der Waals surface area contributed by atoms with Gasteiger partial charge in [-0.2, -0.15) is 0 Å². The van der Waals surface area contributed by atoms with E-state index in [4.69, 9.17) is 0 Å². The molecule has 0 amide bonds. The Morgan fingerprint density at radius 2 is 2.40 bits per heavy atom. The Balaban J connectivity index is 2.12. The molecule has 2 N–H and O–H groups in total. The highest BCUT2D eigenvalue weighted by molar-refractivity contribution is 7.78. The van der Waals surface area contributed by atoms with Gasteiger partial charge in [-0.1, -0.05) is 12.2 Å². The van der Waals surface area contributed by atoms with Crippen molar-refractivity contribution in [2.45, 2.75) is 18.9 Å². The molecule has 0 bridgehead atoms. The van der Waals surface area contributed by atoms with Crippen molar-refractivity contribution in [2.75, 3.05) is 13.6 Å². The van der Waals surface area contributed by atoms with Gasteiger partial charge in [0.15, 0.2) is 0 Å². The second kappa shape index (κ2) is 3.88. The van der Waals surface area contributed by atoms with E-state index in [1.54, 1.807) is 5.49 Å². The van der Waals surface area contributed by atoms with Gasteiger partial charge in [0.2, 0.25) is 0 Å². The average Bonchev–Trinajstić information content (AvgIpc) is 2.73. The van der Waals surface area contributed by atoms with Gasteiger partial charge in [-0.05, 0) is 25.8 Å². The first-order valence-electron chi connectivity index (χ1n) is 3.72. The fraction of sp³-hybridized carbons (Fsp3) is 0.857. The van der Waals surface area contributed by atoms with E-state index < -0.39 is 0 Å². The quantitative estimate of drug-likeness (QED) is 0.571. The van der Waals surface area contributed by atoms with Crippen LogP contribution in [0.1, 0.15) is 12.8 Å². The minimum atomic E-state index is 0.624. The Morgan fingerprint density at radius 3 is 2.80 bits per heavy atom. The zero-order valence-corrected chi connectivity index (χ0v) is 7.08. The fourth-order valence-electron chi connectivity index (χ4n) is 1.18. The van der Waals surface area contributed by atoms with Crippen molar-refractivity contribution in [3.8, 4) is 0 Å². The van der Waals surface area contributed by atoms with E-state index >= 15 is 0 Å². The summed E-state index contributed by atoms with van der Waals surface area (Å²) in [7, 11) is 2.01. The van der Waals surface area contributed by atoms with Crippen molar-refractivity contribution < 1.29 is 0 Å². The minimum absolute atomic E-state index is 0.624. The van der Waals surface area contributed by atoms with Crippen LogP contribution in [-0.2, 0) is 0 Å². The van der Waals surface area contributed by atoms with E-state index in [9.17, 15) is 0 Å². The second-order valence-corrected chi connectivity index (χ2v) is 2.99.